The molecule has 0 saturated carbocycles. The zero-order chi connectivity index (χ0) is 9.10. The molecule has 0 saturated heterocycles. The van der Waals surface area contributed by atoms with Crippen LogP contribution in [0.2, 0.25) is 0 Å². The predicted octanol–water partition coefficient (Wildman–Crippen LogP) is 0.936. The Kier molecular flexibility index (Phi) is 2.18. The van der Waals surface area contributed by atoms with Gasteiger partial charge in [0.25, 0.3) is 0 Å². The van der Waals surface area contributed by atoms with Crippen LogP contribution < -0.4 is 5.32 Å². The minimum atomic E-state index is 0.560. The normalized spacial score (nSPS) is 10.2. The summed E-state index contributed by atoms with van der Waals surface area (Å²) in [4.78, 5) is 0. The lowest BCUT2D eigenvalue weighted by Gasteiger charge is -1.99. The Morgan fingerprint density at radius 2 is 2.31 bits per heavy atom. The Morgan fingerprint density at radius 1 is 1.46 bits per heavy atom. The van der Waals surface area contributed by atoms with Crippen LogP contribution in [0.15, 0.2) is 24.3 Å². The van der Waals surface area contributed by atoms with Crippen molar-refractivity contribution in [1.82, 2.24) is 20.3 Å². The molecule has 0 fully saturated rings. The Morgan fingerprint density at radius 3 is 3.15 bits per heavy atom. The highest BCUT2D eigenvalue weighted by Gasteiger charge is 2.00. The van der Waals surface area contributed by atoms with Gasteiger partial charge in [-0.2, -0.15) is 0 Å². The van der Waals surface area contributed by atoms with Gasteiger partial charge in [-0.25, -0.2) is 4.68 Å². The molecule has 0 amide bonds. The van der Waals surface area contributed by atoms with E-state index in [1.54, 1.807) is 4.68 Å². The van der Waals surface area contributed by atoms with Gasteiger partial charge in [-0.1, -0.05) is 29.6 Å². The van der Waals surface area contributed by atoms with Crippen molar-refractivity contribution < 1.29 is 0 Å². The number of fused-ring (bicyclic) bond motifs is 1. The molecule has 66 valence electrons. The van der Waals surface area contributed by atoms with Crippen molar-refractivity contribution in [1.29, 1.82) is 0 Å². The largest absolute Gasteiger partial charge is 0.363 e. The summed E-state index contributed by atoms with van der Waals surface area (Å²) in [5, 5.41) is 10.9. The summed E-state index contributed by atoms with van der Waals surface area (Å²) in [6.07, 6.45) is 0. The Labute approximate surface area is 80.5 Å². The highest BCUT2D eigenvalue weighted by molar-refractivity contribution is 7.78. The monoisotopic (exact) mass is 192 g/mol. The molecule has 0 aliphatic rings. The molecule has 5 heteroatoms. The van der Waals surface area contributed by atoms with Gasteiger partial charge in [0, 0.05) is 0 Å². The summed E-state index contributed by atoms with van der Waals surface area (Å²) in [5.41, 5.74) is 3.37. The fourth-order valence-corrected chi connectivity index (χ4v) is 1.23. The van der Waals surface area contributed by atoms with Crippen LogP contribution in [0, 0.1) is 0 Å². The van der Waals surface area contributed by atoms with E-state index in [0.717, 1.165) is 11.0 Å². The number of thiocarbonyl (C=S) groups is 1. The van der Waals surface area contributed by atoms with Crippen LogP contribution in [0.4, 0.5) is 0 Å². The van der Waals surface area contributed by atoms with Crippen molar-refractivity contribution in [3.8, 4) is 0 Å². The van der Waals surface area contributed by atoms with Gasteiger partial charge in [-0.15, -0.1) is 5.10 Å². The van der Waals surface area contributed by atoms with Gasteiger partial charge < -0.3 is 5.32 Å². The third-order valence-corrected chi connectivity index (χ3v) is 1.91. The van der Waals surface area contributed by atoms with Crippen molar-refractivity contribution in [3.63, 3.8) is 0 Å². The third kappa shape index (κ3) is 1.50. The molecule has 1 aromatic carbocycles. The quantitative estimate of drug-likeness (QED) is 0.735. The average Bonchev–Trinajstić information content (AvgIpc) is 2.58. The molecule has 1 aromatic heterocycles. The summed E-state index contributed by atoms with van der Waals surface area (Å²) in [6.45, 7) is 0.560. The maximum absolute atomic E-state index is 4.65. The van der Waals surface area contributed by atoms with Crippen LogP contribution in [0.25, 0.3) is 11.0 Å². The van der Waals surface area contributed by atoms with E-state index in [2.05, 4.69) is 27.8 Å². The number of hydrogen-bond acceptors (Lipinski definition) is 3. The molecule has 0 radical (unpaired) electrons. The van der Waals surface area contributed by atoms with Gasteiger partial charge in [0.2, 0.25) is 0 Å². The van der Waals surface area contributed by atoms with Crippen LogP contribution >= 0.6 is 12.2 Å². The molecule has 1 heterocycles. The first-order valence-electron chi connectivity index (χ1n) is 3.87. The second-order valence-corrected chi connectivity index (χ2v) is 2.79. The average molecular weight is 192 g/mol. The molecule has 0 bridgehead atoms. The van der Waals surface area contributed by atoms with E-state index < -0.39 is 0 Å². The third-order valence-electron chi connectivity index (χ3n) is 1.74. The van der Waals surface area contributed by atoms with Gasteiger partial charge in [0.15, 0.2) is 0 Å². The summed E-state index contributed by atoms with van der Waals surface area (Å²) in [5.74, 6) is 0. The summed E-state index contributed by atoms with van der Waals surface area (Å²) >= 11 is 4.65. The molecule has 2 rings (SSSR count). The molecule has 0 aliphatic carbocycles. The minimum absolute atomic E-state index is 0.560. The van der Waals surface area contributed by atoms with Crippen LogP contribution in [0.5, 0.6) is 0 Å². The van der Waals surface area contributed by atoms with Crippen molar-refractivity contribution >= 4 is 28.7 Å². The molecule has 0 atom stereocenters. The van der Waals surface area contributed by atoms with Crippen LogP contribution in [-0.2, 0) is 6.67 Å². The number of nitrogens with zero attached hydrogens (tertiary/aromatic N) is 3. The molecule has 1 N–H and O–H groups in total. The first-order chi connectivity index (χ1) is 6.42. The highest BCUT2D eigenvalue weighted by Crippen LogP contribution is 2.08. The zero-order valence-electron chi connectivity index (χ0n) is 6.84. The van der Waals surface area contributed by atoms with Crippen LogP contribution in [0.3, 0.4) is 0 Å². The fourth-order valence-electron chi connectivity index (χ4n) is 1.16. The zero-order valence-corrected chi connectivity index (χ0v) is 7.66. The number of rotatable bonds is 3. The standard InChI is InChI=1S/C8H8N4S/c13-6-9-5-12-8-4-2-1-3-7(8)10-11-12/h1-4,6H,5H2,(H,9,13). The van der Waals surface area contributed by atoms with E-state index in [9.17, 15) is 0 Å². The Bertz CT molecular complexity index is 423. The molecule has 0 aliphatic heterocycles. The van der Waals surface area contributed by atoms with Gasteiger partial charge in [0.1, 0.15) is 12.2 Å². The van der Waals surface area contributed by atoms with E-state index in [1.807, 2.05) is 24.3 Å². The molecule has 4 nitrogen and oxygen atoms in total. The molecule has 13 heavy (non-hydrogen) atoms. The van der Waals surface area contributed by atoms with Crippen molar-refractivity contribution in [2.45, 2.75) is 6.67 Å². The highest BCUT2D eigenvalue weighted by atomic mass is 32.1. The lowest BCUT2D eigenvalue weighted by molar-refractivity contribution is 0.590. The second kappa shape index (κ2) is 3.49. The maximum Gasteiger partial charge on any atom is 0.113 e. The first kappa shape index (κ1) is 8.12. The predicted molar refractivity (Wildman–Crippen MR) is 54.3 cm³/mol. The maximum atomic E-state index is 4.65. The lowest BCUT2D eigenvalue weighted by Crippen LogP contribution is -2.16. The first-order valence-corrected chi connectivity index (χ1v) is 4.34. The van der Waals surface area contributed by atoms with Crippen LogP contribution in [-0.4, -0.2) is 20.5 Å². The number of hydrogen-bond donors (Lipinski definition) is 1. The minimum Gasteiger partial charge on any atom is -0.363 e. The van der Waals surface area contributed by atoms with Gasteiger partial charge >= 0.3 is 0 Å². The number of nitrogens with one attached hydrogen (secondary N) is 1. The van der Waals surface area contributed by atoms with E-state index in [0.29, 0.717) is 6.67 Å². The molecular weight excluding hydrogens is 184 g/mol. The van der Waals surface area contributed by atoms with E-state index in [4.69, 9.17) is 0 Å². The number of aromatic nitrogens is 3. The van der Waals surface area contributed by atoms with Gasteiger partial charge in [-0.3, -0.25) is 0 Å². The molecule has 2 aromatic rings. The fraction of sp³-hybridized carbons (Fsp3) is 0.125. The van der Waals surface area contributed by atoms with Crippen molar-refractivity contribution in [3.05, 3.63) is 24.3 Å². The Hall–Kier alpha value is -1.49. The topological polar surface area (TPSA) is 42.7 Å². The van der Waals surface area contributed by atoms with Crippen LogP contribution in [0.1, 0.15) is 0 Å². The number of para-hydroxylation sites is 1. The number of benzene rings is 1. The molecule has 0 spiro atoms. The molecule has 0 unspecified atom stereocenters. The van der Waals surface area contributed by atoms with E-state index in [-0.39, 0.29) is 0 Å². The van der Waals surface area contributed by atoms with Gasteiger partial charge in [-0.05, 0) is 12.1 Å². The second-order valence-electron chi connectivity index (χ2n) is 2.56. The summed E-state index contributed by atoms with van der Waals surface area (Å²) in [6, 6.07) is 7.80. The van der Waals surface area contributed by atoms with E-state index in [1.165, 1.54) is 5.49 Å². The van der Waals surface area contributed by atoms with Crippen molar-refractivity contribution in [2.75, 3.05) is 0 Å². The Balaban J connectivity index is 2.40. The molecular formula is C8H8N4S. The summed E-state index contributed by atoms with van der Waals surface area (Å²) < 4.78 is 1.76. The lowest BCUT2D eigenvalue weighted by atomic mass is 10.3. The summed E-state index contributed by atoms with van der Waals surface area (Å²) in [7, 11) is 0. The smallest absolute Gasteiger partial charge is 0.113 e. The van der Waals surface area contributed by atoms with Gasteiger partial charge in [0.05, 0.1) is 11.0 Å². The van der Waals surface area contributed by atoms with Crippen molar-refractivity contribution in [2.24, 2.45) is 0 Å². The van der Waals surface area contributed by atoms with E-state index >= 15 is 0 Å². The SMILES string of the molecule is S=CNCn1nnc2ccccc21.